The molecule has 9 nitrogen and oxygen atoms in total. The van der Waals surface area contributed by atoms with Gasteiger partial charge in [-0.05, 0) is 43.9 Å². The van der Waals surface area contributed by atoms with Crippen LogP contribution in [0.1, 0.15) is 42.1 Å². The molecule has 1 aromatic carbocycles. The lowest BCUT2D eigenvalue weighted by molar-refractivity contribution is 0.100. The third-order valence-electron chi connectivity index (χ3n) is 4.86. The van der Waals surface area contributed by atoms with E-state index < -0.39 is 17.5 Å². The molecule has 1 fully saturated rings. The highest BCUT2D eigenvalue weighted by Gasteiger charge is 2.50. The summed E-state index contributed by atoms with van der Waals surface area (Å²) in [6.45, 7) is 3.93. The van der Waals surface area contributed by atoms with Gasteiger partial charge in [-0.3, -0.25) is 4.79 Å². The first-order chi connectivity index (χ1) is 13.3. The van der Waals surface area contributed by atoms with Crippen LogP contribution in [0.25, 0.3) is 0 Å². The molecule has 0 saturated heterocycles. The number of carboxylic acid groups (broad SMARTS) is 1. The van der Waals surface area contributed by atoms with Crippen LogP contribution in [-0.2, 0) is 0 Å². The third-order valence-corrected chi connectivity index (χ3v) is 4.86. The monoisotopic (exact) mass is 384 g/mol. The normalized spacial score (nSPS) is 15.4. The molecule has 1 heterocycles. The highest BCUT2D eigenvalue weighted by molar-refractivity contribution is 5.98. The van der Waals surface area contributed by atoms with E-state index in [0.29, 0.717) is 18.2 Å². The summed E-state index contributed by atoms with van der Waals surface area (Å²) in [5.74, 6) is -0.0492. The Morgan fingerprint density at radius 2 is 2.11 bits per heavy atom. The van der Waals surface area contributed by atoms with Crippen molar-refractivity contribution in [1.82, 2.24) is 15.3 Å². The minimum Gasteiger partial charge on any atom is -0.465 e. The van der Waals surface area contributed by atoms with Gasteiger partial charge in [0.05, 0.1) is 11.6 Å². The fraction of sp³-hybridized carbons (Fsp3) is 0.368. The minimum atomic E-state index is -1.05. The number of nitrogens with zero attached hydrogens (tertiary/aromatic N) is 2. The van der Waals surface area contributed by atoms with Gasteiger partial charge >= 0.3 is 6.09 Å². The predicted octanol–water partition coefficient (Wildman–Crippen LogP) is 2.62. The molecular weight excluding hydrogens is 360 g/mol. The second kappa shape index (κ2) is 7.71. The number of aryl methyl sites for hydroxylation is 1. The van der Waals surface area contributed by atoms with E-state index in [1.165, 1.54) is 6.20 Å². The summed E-state index contributed by atoms with van der Waals surface area (Å²) in [7, 11) is 0. The number of hydrogen-bond acceptors (Lipinski definition) is 6. The Bertz CT molecular complexity index is 897. The van der Waals surface area contributed by atoms with Gasteiger partial charge in [0.25, 0.3) is 5.91 Å². The lowest BCUT2D eigenvalue weighted by atomic mass is 10.0. The maximum absolute atomic E-state index is 11.8. The number of benzene rings is 1. The number of amides is 2. The fourth-order valence-electron chi connectivity index (χ4n) is 3.28. The lowest BCUT2D eigenvalue weighted by Crippen LogP contribution is -2.48. The van der Waals surface area contributed by atoms with Crippen LogP contribution in [-0.4, -0.2) is 38.7 Å². The quantitative estimate of drug-likeness (QED) is 0.471. The van der Waals surface area contributed by atoms with Crippen LogP contribution in [0.3, 0.4) is 0 Å². The Morgan fingerprint density at radius 3 is 2.68 bits per heavy atom. The summed E-state index contributed by atoms with van der Waals surface area (Å²) in [5.41, 5.74) is 6.93. The molecule has 2 amide bonds. The van der Waals surface area contributed by atoms with Gasteiger partial charge in [-0.2, -0.15) is 4.98 Å². The van der Waals surface area contributed by atoms with Gasteiger partial charge in [0.15, 0.2) is 0 Å². The van der Waals surface area contributed by atoms with Crippen molar-refractivity contribution in [3.05, 3.63) is 41.6 Å². The number of aromatic nitrogens is 2. The summed E-state index contributed by atoms with van der Waals surface area (Å²) in [6.07, 6.45) is 2.50. The van der Waals surface area contributed by atoms with Gasteiger partial charge in [-0.1, -0.05) is 19.1 Å². The maximum atomic E-state index is 11.8. The van der Waals surface area contributed by atoms with E-state index in [2.05, 4.69) is 25.9 Å². The molecule has 1 unspecified atom stereocenters. The second-order valence-corrected chi connectivity index (χ2v) is 7.01. The molecule has 1 aromatic heterocycles. The Balaban J connectivity index is 1.86. The van der Waals surface area contributed by atoms with Crippen LogP contribution in [0.5, 0.6) is 0 Å². The number of nitrogens with two attached hydrogens (primary N) is 1. The second-order valence-electron chi connectivity index (χ2n) is 7.01. The zero-order chi connectivity index (χ0) is 20.3. The van der Waals surface area contributed by atoms with E-state index in [-0.39, 0.29) is 11.6 Å². The standard InChI is InChI=1S/C19H24N6O3/c1-3-14(19(7-8-19)25-18(27)28)23-17-21-10-13(15(20)26)16(24-17)22-12-6-4-5-11(2)9-12/h4-6,9-10,14,25H,3,7-8H2,1-2H3,(H2,20,26)(H,27,28)(H2,21,22,23,24). The van der Waals surface area contributed by atoms with E-state index in [1.54, 1.807) is 0 Å². The predicted molar refractivity (Wildman–Crippen MR) is 106 cm³/mol. The average Bonchev–Trinajstić information content (AvgIpc) is 3.39. The first-order valence-electron chi connectivity index (χ1n) is 9.11. The van der Waals surface area contributed by atoms with Gasteiger partial charge in [-0.25, -0.2) is 9.78 Å². The number of carbonyl (C=O) groups is 2. The molecule has 1 aliphatic carbocycles. The lowest BCUT2D eigenvalue weighted by Gasteiger charge is -2.27. The number of anilines is 3. The van der Waals surface area contributed by atoms with Crippen molar-refractivity contribution in [2.45, 2.75) is 44.7 Å². The number of hydrogen-bond donors (Lipinski definition) is 5. The summed E-state index contributed by atoms with van der Waals surface area (Å²) >= 11 is 0. The third kappa shape index (κ3) is 4.30. The van der Waals surface area contributed by atoms with Crippen molar-refractivity contribution in [3.63, 3.8) is 0 Å². The van der Waals surface area contributed by atoms with Gasteiger partial charge in [0.1, 0.15) is 11.4 Å². The van der Waals surface area contributed by atoms with Gasteiger partial charge in [-0.15, -0.1) is 0 Å². The fourth-order valence-corrected chi connectivity index (χ4v) is 3.28. The van der Waals surface area contributed by atoms with Crippen molar-refractivity contribution in [1.29, 1.82) is 0 Å². The summed E-state index contributed by atoms with van der Waals surface area (Å²) in [6, 6.07) is 7.46. The van der Waals surface area contributed by atoms with Crippen LogP contribution in [0.2, 0.25) is 0 Å². The van der Waals surface area contributed by atoms with Crippen LogP contribution in [0.4, 0.5) is 22.2 Å². The van der Waals surface area contributed by atoms with E-state index >= 15 is 0 Å². The molecular formula is C19H24N6O3. The number of rotatable bonds is 8. The van der Waals surface area contributed by atoms with Crippen LogP contribution < -0.4 is 21.7 Å². The molecule has 0 spiro atoms. The molecule has 1 atom stereocenters. The first kappa shape index (κ1) is 19.4. The van der Waals surface area contributed by atoms with E-state index in [4.69, 9.17) is 10.8 Å². The zero-order valence-electron chi connectivity index (χ0n) is 15.8. The maximum Gasteiger partial charge on any atom is 0.405 e. The number of primary amides is 1. The van der Waals surface area contributed by atoms with Gasteiger partial charge in [0, 0.05) is 11.9 Å². The van der Waals surface area contributed by atoms with E-state index in [0.717, 1.165) is 24.1 Å². The molecule has 9 heteroatoms. The van der Waals surface area contributed by atoms with Crippen molar-refractivity contribution in [2.75, 3.05) is 10.6 Å². The molecule has 0 aliphatic heterocycles. The van der Waals surface area contributed by atoms with Crippen molar-refractivity contribution < 1.29 is 14.7 Å². The smallest absolute Gasteiger partial charge is 0.405 e. The molecule has 0 radical (unpaired) electrons. The zero-order valence-corrected chi connectivity index (χ0v) is 15.8. The Hall–Kier alpha value is -3.36. The topological polar surface area (TPSA) is 142 Å². The minimum absolute atomic E-state index is 0.171. The molecule has 1 saturated carbocycles. The van der Waals surface area contributed by atoms with Crippen LogP contribution >= 0.6 is 0 Å². The molecule has 148 valence electrons. The summed E-state index contributed by atoms with van der Waals surface area (Å²) in [5, 5.41) is 18.0. The highest BCUT2D eigenvalue weighted by atomic mass is 16.4. The molecule has 1 aliphatic rings. The highest BCUT2D eigenvalue weighted by Crippen LogP contribution is 2.41. The van der Waals surface area contributed by atoms with E-state index in [1.807, 2.05) is 38.1 Å². The van der Waals surface area contributed by atoms with E-state index in [9.17, 15) is 9.59 Å². The van der Waals surface area contributed by atoms with Crippen molar-refractivity contribution in [2.24, 2.45) is 5.73 Å². The van der Waals surface area contributed by atoms with Gasteiger partial charge in [0.2, 0.25) is 5.95 Å². The van der Waals surface area contributed by atoms with Crippen molar-refractivity contribution in [3.8, 4) is 0 Å². The molecule has 0 bridgehead atoms. The number of nitrogens with one attached hydrogen (secondary N) is 3. The molecule has 28 heavy (non-hydrogen) atoms. The average molecular weight is 384 g/mol. The first-order valence-corrected chi connectivity index (χ1v) is 9.11. The molecule has 2 aromatic rings. The molecule has 6 N–H and O–H groups in total. The van der Waals surface area contributed by atoms with Crippen LogP contribution in [0.15, 0.2) is 30.5 Å². The van der Waals surface area contributed by atoms with Crippen LogP contribution in [0, 0.1) is 6.92 Å². The Kier molecular flexibility index (Phi) is 5.34. The summed E-state index contributed by atoms with van der Waals surface area (Å²) in [4.78, 5) is 31.5. The molecule has 3 rings (SSSR count). The SMILES string of the molecule is CCC(Nc1ncc(C(N)=O)c(Nc2cccc(C)c2)n1)C1(NC(=O)O)CC1. The Morgan fingerprint density at radius 1 is 1.36 bits per heavy atom. The van der Waals surface area contributed by atoms with Crippen molar-refractivity contribution >= 4 is 29.5 Å². The summed E-state index contributed by atoms with van der Waals surface area (Å²) < 4.78 is 0. The largest absolute Gasteiger partial charge is 0.465 e. The Labute approximate surface area is 162 Å². The van der Waals surface area contributed by atoms with Gasteiger partial charge < -0.3 is 26.8 Å². The number of carbonyl (C=O) groups excluding carboxylic acids is 1.